The number of benzene rings is 1. The first-order chi connectivity index (χ1) is 10.3. The van der Waals surface area contributed by atoms with E-state index in [2.05, 4.69) is 20.1 Å². The van der Waals surface area contributed by atoms with Crippen molar-refractivity contribution in [3.8, 4) is 11.4 Å². The minimum atomic E-state index is -0.392. The van der Waals surface area contributed by atoms with Crippen LogP contribution in [0.4, 0.5) is 0 Å². The van der Waals surface area contributed by atoms with Crippen LogP contribution in [0.15, 0.2) is 35.1 Å². The Morgan fingerprint density at radius 2 is 2.05 bits per heavy atom. The Morgan fingerprint density at radius 1 is 1.24 bits per heavy atom. The Labute approximate surface area is 120 Å². The molecule has 0 spiro atoms. The lowest BCUT2D eigenvalue weighted by atomic mass is 10.2. The predicted octanol–water partition coefficient (Wildman–Crippen LogP) is 1.79. The minimum Gasteiger partial charge on any atom is -0.466 e. The van der Waals surface area contributed by atoms with Gasteiger partial charge in [0.1, 0.15) is 6.42 Å². The second kappa shape index (κ2) is 5.66. The molecule has 3 rings (SSSR count). The Morgan fingerprint density at radius 3 is 2.86 bits per heavy atom. The summed E-state index contributed by atoms with van der Waals surface area (Å²) in [5, 5.41) is 3.86. The maximum Gasteiger partial charge on any atom is 0.315 e. The standard InChI is InChI=1S/C14H12N4O3/c1-2-20-13(19)8-12-17-14(18-21-12)9-3-4-10-11(7-9)16-6-5-15-10/h3-7H,2,8H2,1H3. The quantitative estimate of drug-likeness (QED) is 0.674. The van der Waals surface area contributed by atoms with Gasteiger partial charge in [0.15, 0.2) is 0 Å². The maximum absolute atomic E-state index is 11.4. The third kappa shape index (κ3) is 2.86. The van der Waals surface area contributed by atoms with E-state index in [1.807, 2.05) is 18.2 Å². The smallest absolute Gasteiger partial charge is 0.315 e. The van der Waals surface area contributed by atoms with Crippen LogP contribution in [0.5, 0.6) is 0 Å². The first-order valence-electron chi connectivity index (χ1n) is 6.45. The molecule has 0 atom stereocenters. The molecule has 1 aromatic carbocycles. The first-order valence-corrected chi connectivity index (χ1v) is 6.45. The Bertz CT molecular complexity index is 784. The monoisotopic (exact) mass is 284 g/mol. The third-order valence-electron chi connectivity index (χ3n) is 2.80. The maximum atomic E-state index is 11.4. The number of fused-ring (bicyclic) bond motifs is 1. The van der Waals surface area contributed by atoms with Crippen LogP contribution >= 0.6 is 0 Å². The number of aromatic nitrogens is 4. The largest absolute Gasteiger partial charge is 0.466 e. The summed E-state index contributed by atoms with van der Waals surface area (Å²) in [5.74, 6) is 0.238. The highest BCUT2D eigenvalue weighted by Crippen LogP contribution is 2.20. The highest BCUT2D eigenvalue weighted by molar-refractivity contribution is 5.79. The van der Waals surface area contributed by atoms with Gasteiger partial charge in [-0.2, -0.15) is 4.98 Å². The van der Waals surface area contributed by atoms with Crippen LogP contribution in [-0.2, 0) is 16.0 Å². The van der Waals surface area contributed by atoms with Crippen molar-refractivity contribution >= 4 is 17.0 Å². The molecule has 0 bridgehead atoms. The molecule has 3 aromatic rings. The van der Waals surface area contributed by atoms with Crippen LogP contribution in [0.3, 0.4) is 0 Å². The number of carbonyl (C=O) groups is 1. The van der Waals surface area contributed by atoms with Gasteiger partial charge in [-0.25, -0.2) is 0 Å². The zero-order chi connectivity index (χ0) is 14.7. The average Bonchev–Trinajstić information content (AvgIpc) is 2.95. The van der Waals surface area contributed by atoms with Gasteiger partial charge in [0.25, 0.3) is 0 Å². The van der Waals surface area contributed by atoms with Crippen LogP contribution in [-0.4, -0.2) is 32.7 Å². The number of hydrogen-bond donors (Lipinski definition) is 0. The lowest BCUT2D eigenvalue weighted by molar-refractivity contribution is -0.142. The SMILES string of the molecule is CCOC(=O)Cc1nc(-c2ccc3nccnc3c2)no1. The Balaban J connectivity index is 1.85. The highest BCUT2D eigenvalue weighted by atomic mass is 16.5. The predicted molar refractivity (Wildman–Crippen MR) is 73.2 cm³/mol. The van der Waals surface area contributed by atoms with Gasteiger partial charge in [0.05, 0.1) is 17.6 Å². The molecule has 0 saturated carbocycles. The molecule has 0 amide bonds. The lowest BCUT2D eigenvalue weighted by Crippen LogP contribution is -2.07. The molecule has 0 aliphatic rings. The van der Waals surface area contributed by atoms with Crippen molar-refractivity contribution in [2.75, 3.05) is 6.61 Å². The summed E-state index contributed by atoms with van der Waals surface area (Å²) < 4.78 is 9.88. The van der Waals surface area contributed by atoms with Crippen molar-refractivity contribution in [1.29, 1.82) is 0 Å². The van der Waals surface area contributed by atoms with E-state index in [-0.39, 0.29) is 12.3 Å². The van der Waals surface area contributed by atoms with Crippen LogP contribution < -0.4 is 0 Å². The van der Waals surface area contributed by atoms with Gasteiger partial charge < -0.3 is 9.26 Å². The van der Waals surface area contributed by atoms with Gasteiger partial charge in [-0.1, -0.05) is 5.16 Å². The first kappa shape index (κ1) is 13.2. The number of nitrogens with zero attached hydrogens (tertiary/aromatic N) is 4. The number of esters is 1. The summed E-state index contributed by atoms with van der Waals surface area (Å²) in [4.78, 5) is 24.0. The van der Waals surface area contributed by atoms with Crippen molar-refractivity contribution in [1.82, 2.24) is 20.1 Å². The fourth-order valence-corrected chi connectivity index (χ4v) is 1.88. The fraction of sp³-hybridized carbons (Fsp3) is 0.214. The fourth-order valence-electron chi connectivity index (χ4n) is 1.88. The van der Waals surface area contributed by atoms with Gasteiger partial charge in [0.2, 0.25) is 11.7 Å². The van der Waals surface area contributed by atoms with Crippen molar-refractivity contribution in [3.63, 3.8) is 0 Å². The van der Waals surface area contributed by atoms with Crippen LogP contribution in [0.2, 0.25) is 0 Å². The van der Waals surface area contributed by atoms with E-state index in [1.165, 1.54) is 0 Å². The second-order valence-corrected chi connectivity index (χ2v) is 4.25. The molecule has 0 aliphatic carbocycles. The number of hydrogen-bond acceptors (Lipinski definition) is 7. The normalized spacial score (nSPS) is 10.7. The van der Waals surface area contributed by atoms with Crippen molar-refractivity contribution in [3.05, 3.63) is 36.5 Å². The number of ether oxygens (including phenoxy) is 1. The topological polar surface area (TPSA) is 91.0 Å². The molecule has 2 heterocycles. The van der Waals surface area contributed by atoms with E-state index in [0.717, 1.165) is 16.6 Å². The Hall–Kier alpha value is -2.83. The number of rotatable bonds is 4. The van der Waals surface area contributed by atoms with E-state index in [4.69, 9.17) is 9.26 Å². The molecule has 7 heteroatoms. The molecule has 0 N–H and O–H groups in total. The summed E-state index contributed by atoms with van der Waals surface area (Å²) in [7, 11) is 0. The van der Waals surface area contributed by atoms with E-state index >= 15 is 0 Å². The molecule has 2 aromatic heterocycles. The van der Waals surface area contributed by atoms with Gasteiger partial charge >= 0.3 is 5.97 Å². The molecule has 0 unspecified atom stereocenters. The minimum absolute atomic E-state index is 0.0335. The van der Waals surface area contributed by atoms with Gasteiger partial charge in [-0.15, -0.1) is 0 Å². The summed E-state index contributed by atoms with van der Waals surface area (Å²) in [6.07, 6.45) is 3.22. The van der Waals surface area contributed by atoms with E-state index in [1.54, 1.807) is 19.3 Å². The van der Waals surface area contributed by atoms with Crippen LogP contribution in [0.25, 0.3) is 22.4 Å². The van der Waals surface area contributed by atoms with Gasteiger partial charge in [-0.3, -0.25) is 14.8 Å². The van der Waals surface area contributed by atoms with Crippen molar-refractivity contribution in [2.24, 2.45) is 0 Å². The summed E-state index contributed by atoms with van der Waals surface area (Å²) in [6.45, 7) is 2.07. The van der Waals surface area contributed by atoms with Crippen LogP contribution in [0, 0.1) is 0 Å². The summed E-state index contributed by atoms with van der Waals surface area (Å²) in [5.41, 5.74) is 2.28. The molecular formula is C14H12N4O3. The van der Waals surface area contributed by atoms with E-state index in [9.17, 15) is 4.79 Å². The van der Waals surface area contributed by atoms with E-state index in [0.29, 0.717) is 12.4 Å². The van der Waals surface area contributed by atoms with Gasteiger partial charge in [0, 0.05) is 18.0 Å². The molecule has 0 saturated heterocycles. The van der Waals surface area contributed by atoms with Gasteiger partial charge in [-0.05, 0) is 25.1 Å². The Kier molecular flexibility index (Phi) is 3.55. The molecule has 0 aliphatic heterocycles. The molecule has 21 heavy (non-hydrogen) atoms. The highest BCUT2D eigenvalue weighted by Gasteiger charge is 2.13. The van der Waals surface area contributed by atoms with Crippen LogP contribution in [0.1, 0.15) is 12.8 Å². The molecule has 7 nitrogen and oxygen atoms in total. The molecule has 106 valence electrons. The summed E-state index contributed by atoms with van der Waals surface area (Å²) >= 11 is 0. The molecule has 0 fully saturated rings. The molecular weight excluding hydrogens is 272 g/mol. The van der Waals surface area contributed by atoms with Crippen molar-refractivity contribution < 1.29 is 14.1 Å². The third-order valence-corrected chi connectivity index (χ3v) is 2.80. The van der Waals surface area contributed by atoms with Crippen molar-refractivity contribution in [2.45, 2.75) is 13.3 Å². The van der Waals surface area contributed by atoms with E-state index < -0.39 is 5.97 Å². The number of carbonyl (C=O) groups excluding carboxylic acids is 1. The molecule has 0 radical (unpaired) electrons. The second-order valence-electron chi connectivity index (χ2n) is 4.25. The lowest BCUT2D eigenvalue weighted by Gasteiger charge is -1.98. The zero-order valence-electron chi connectivity index (χ0n) is 11.3. The average molecular weight is 284 g/mol. The summed E-state index contributed by atoms with van der Waals surface area (Å²) in [6, 6.07) is 5.48. The zero-order valence-corrected chi connectivity index (χ0v) is 11.3.